The Labute approximate surface area is 145 Å². The highest BCUT2D eigenvalue weighted by Crippen LogP contribution is 2.41. The Bertz CT molecular complexity index is 992. The molecule has 128 valence electrons. The van der Waals surface area contributed by atoms with Crippen molar-refractivity contribution in [2.75, 3.05) is 0 Å². The molecule has 1 unspecified atom stereocenters. The van der Waals surface area contributed by atoms with Gasteiger partial charge in [0.05, 0.1) is 0 Å². The van der Waals surface area contributed by atoms with E-state index in [4.69, 9.17) is 0 Å². The summed E-state index contributed by atoms with van der Waals surface area (Å²) in [5.74, 6) is 0. The van der Waals surface area contributed by atoms with Crippen molar-refractivity contribution in [2.24, 2.45) is 0 Å². The first-order valence-corrected chi connectivity index (χ1v) is 8.85. The minimum absolute atomic E-state index is 0.0108. The third-order valence-corrected chi connectivity index (χ3v) is 5.93. The van der Waals surface area contributed by atoms with Crippen LogP contribution in [0.1, 0.15) is 5.56 Å². The largest absolute Gasteiger partial charge is 0.673 e. The first-order chi connectivity index (χ1) is 11.9. The van der Waals surface area contributed by atoms with Gasteiger partial charge in [0, 0.05) is 14.3 Å². The van der Waals surface area contributed by atoms with Crippen LogP contribution in [0.4, 0.5) is 17.3 Å². The minimum Gasteiger partial charge on any atom is -0.418 e. The lowest BCUT2D eigenvalue weighted by Crippen LogP contribution is -2.07. The van der Waals surface area contributed by atoms with E-state index < -0.39 is 7.25 Å². The average molecular weight is 361 g/mol. The summed E-state index contributed by atoms with van der Waals surface area (Å²) in [5.41, 5.74) is 1.35. The zero-order valence-electron chi connectivity index (χ0n) is 13.1. The van der Waals surface area contributed by atoms with Crippen molar-refractivity contribution in [3.8, 4) is 0 Å². The van der Waals surface area contributed by atoms with Crippen molar-refractivity contribution in [3.05, 3.63) is 94.2 Å². The number of rotatable bonds is 1. The summed E-state index contributed by atoms with van der Waals surface area (Å²) in [6, 6.07) is 28.3. The molecule has 0 nitrogen and oxygen atoms in total. The van der Waals surface area contributed by atoms with Crippen LogP contribution in [0.15, 0.2) is 88.7 Å². The molecule has 1 aliphatic rings. The highest BCUT2D eigenvalue weighted by atomic mass is 32.2. The van der Waals surface area contributed by atoms with Gasteiger partial charge in [0.25, 0.3) is 0 Å². The van der Waals surface area contributed by atoms with E-state index in [9.17, 15) is 17.3 Å². The Kier molecular flexibility index (Phi) is 5.09. The van der Waals surface area contributed by atoms with Gasteiger partial charge in [-0.2, -0.15) is 0 Å². The lowest BCUT2D eigenvalue weighted by atomic mass is 10.1. The highest BCUT2D eigenvalue weighted by Gasteiger charge is 2.20. The number of halogens is 4. The van der Waals surface area contributed by atoms with E-state index in [1.165, 1.54) is 25.1 Å². The van der Waals surface area contributed by atoms with Gasteiger partial charge in [-0.25, -0.2) is 0 Å². The molecule has 0 saturated carbocycles. The molecule has 0 aromatic heterocycles. The minimum atomic E-state index is -6.00. The molecule has 0 bridgehead atoms. The zero-order valence-corrected chi connectivity index (χ0v) is 13.9. The SMILES string of the molecule is C1=c2ccccc2=S(c2ccccc2)c2ccccc21.F[B-](F)(F)F. The quantitative estimate of drug-likeness (QED) is 0.230. The van der Waals surface area contributed by atoms with Crippen LogP contribution < -0.4 is 5.22 Å². The molecule has 3 aromatic carbocycles. The number of hydrogen-bond donors (Lipinski definition) is 0. The Morgan fingerprint density at radius 3 is 1.92 bits per heavy atom. The van der Waals surface area contributed by atoms with Crippen LogP contribution in [0.3, 0.4) is 0 Å². The molecule has 0 spiro atoms. The second-order valence-electron chi connectivity index (χ2n) is 5.33. The van der Waals surface area contributed by atoms with Crippen molar-refractivity contribution >= 4 is 23.8 Å². The third kappa shape index (κ3) is 4.39. The van der Waals surface area contributed by atoms with Crippen LogP contribution >= 0.6 is 10.5 Å². The lowest BCUT2D eigenvalue weighted by molar-refractivity contribution is 0.368. The van der Waals surface area contributed by atoms with Gasteiger partial charge >= 0.3 is 7.25 Å². The monoisotopic (exact) mass is 361 g/mol. The molecule has 0 fully saturated rings. The van der Waals surface area contributed by atoms with Gasteiger partial charge in [-0.1, -0.05) is 54.6 Å². The third-order valence-electron chi connectivity index (χ3n) is 3.57. The molecular weight excluding hydrogens is 347 g/mol. The van der Waals surface area contributed by atoms with Crippen LogP contribution in [-0.4, -0.2) is 7.25 Å². The molecule has 1 aliphatic heterocycles. The molecule has 4 rings (SSSR count). The summed E-state index contributed by atoms with van der Waals surface area (Å²) >= 11 is 0. The van der Waals surface area contributed by atoms with Crippen LogP contribution in [0.5, 0.6) is 0 Å². The molecule has 0 radical (unpaired) electrons. The molecule has 0 amide bonds. The maximum Gasteiger partial charge on any atom is 0.673 e. The van der Waals surface area contributed by atoms with Gasteiger partial charge < -0.3 is 17.3 Å². The van der Waals surface area contributed by atoms with Crippen LogP contribution in [0.25, 0.3) is 6.08 Å². The second kappa shape index (κ2) is 7.27. The van der Waals surface area contributed by atoms with Crippen LogP contribution in [0.2, 0.25) is 0 Å². The summed E-state index contributed by atoms with van der Waals surface area (Å²) < 4.78 is 40.4. The Hall–Kier alpha value is -2.34. The summed E-state index contributed by atoms with van der Waals surface area (Å²) in [4.78, 5) is 2.82. The van der Waals surface area contributed by atoms with E-state index in [1.54, 1.807) is 0 Å². The van der Waals surface area contributed by atoms with E-state index in [1.807, 2.05) is 0 Å². The fourth-order valence-corrected chi connectivity index (χ4v) is 5.00. The summed E-state index contributed by atoms with van der Waals surface area (Å²) in [6.07, 6.45) is 2.30. The molecule has 6 heteroatoms. The smallest absolute Gasteiger partial charge is 0.418 e. The Balaban J connectivity index is 0.000000324. The number of fused-ring (bicyclic) bond motifs is 2. The van der Waals surface area contributed by atoms with E-state index >= 15 is 0 Å². The van der Waals surface area contributed by atoms with E-state index in [0.29, 0.717) is 0 Å². The molecule has 3 aromatic rings. The van der Waals surface area contributed by atoms with Crippen molar-refractivity contribution in [1.29, 1.82) is 0 Å². The Morgan fingerprint density at radius 2 is 1.20 bits per heavy atom. The van der Waals surface area contributed by atoms with E-state index in [0.717, 1.165) is 0 Å². The van der Waals surface area contributed by atoms with Gasteiger partial charge in [0.1, 0.15) is 0 Å². The molecule has 1 heterocycles. The van der Waals surface area contributed by atoms with Crippen molar-refractivity contribution in [1.82, 2.24) is 0 Å². The van der Waals surface area contributed by atoms with Crippen molar-refractivity contribution in [2.45, 2.75) is 9.79 Å². The van der Waals surface area contributed by atoms with Gasteiger partial charge in [0.15, 0.2) is 0 Å². The van der Waals surface area contributed by atoms with Crippen LogP contribution in [0, 0.1) is 4.51 Å². The van der Waals surface area contributed by atoms with E-state index in [-0.39, 0.29) is 10.5 Å². The molecule has 0 aliphatic carbocycles. The number of benzene rings is 3. The van der Waals surface area contributed by atoms with Crippen molar-refractivity contribution in [3.63, 3.8) is 0 Å². The fraction of sp³-hybridized carbons (Fsp3) is 0. The molecular formula is C19H14BF4S-. The number of hydrogen-bond acceptors (Lipinski definition) is 0. The predicted octanol–water partition coefficient (Wildman–Crippen LogP) is 5.77. The van der Waals surface area contributed by atoms with Crippen LogP contribution in [-0.2, 0) is 0 Å². The van der Waals surface area contributed by atoms with Crippen molar-refractivity contribution < 1.29 is 17.3 Å². The highest BCUT2D eigenvalue weighted by molar-refractivity contribution is 8.09. The lowest BCUT2D eigenvalue weighted by Gasteiger charge is -2.17. The van der Waals surface area contributed by atoms with Gasteiger partial charge in [-0.3, -0.25) is 0 Å². The molecule has 0 N–H and O–H groups in total. The Morgan fingerprint density at radius 1 is 0.640 bits per heavy atom. The summed E-state index contributed by atoms with van der Waals surface area (Å²) in [7, 11) is -5.99. The zero-order chi connectivity index (χ0) is 17.9. The maximum absolute atomic E-state index is 9.75. The average Bonchev–Trinajstić information content (AvgIpc) is 2.59. The summed E-state index contributed by atoms with van der Waals surface area (Å²) in [5, 5.41) is 1.35. The van der Waals surface area contributed by atoms with Gasteiger partial charge in [-0.05, 0) is 41.1 Å². The maximum atomic E-state index is 9.75. The fourth-order valence-electron chi connectivity index (χ4n) is 2.67. The van der Waals surface area contributed by atoms with Gasteiger partial charge in [-0.15, -0.1) is 10.5 Å². The standard InChI is InChI=1S/C19H14S.BF4/c1-2-10-17(11-3-1)20-18-12-6-4-8-15(18)14-16-9-5-7-13-19(16)20;2-1(3,4)5/h1-14H;/q;-1. The first kappa shape index (κ1) is 17.5. The first-order valence-electron chi connectivity index (χ1n) is 7.63. The van der Waals surface area contributed by atoms with Gasteiger partial charge in [0.2, 0.25) is 0 Å². The van der Waals surface area contributed by atoms with E-state index in [2.05, 4.69) is 84.9 Å². The molecule has 0 saturated heterocycles. The normalized spacial score (nSPS) is 15.1. The second-order valence-corrected chi connectivity index (χ2v) is 7.30. The molecule has 1 atom stereocenters. The summed E-state index contributed by atoms with van der Waals surface area (Å²) in [6.45, 7) is 0. The predicted molar refractivity (Wildman–Crippen MR) is 95.7 cm³/mol. The topological polar surface area (TPSA) is 0 Å². The molecule has 25 heavy (non-hydrogen) atoms.